The number of aromatic nitrogens is 1. The van der Waals surface area contributed by atoms with Crippen molar-refractivity contribution in [1.29, 1.82) is 0 Å². The molecule has 1 unspecified atom stereocenters. The Hall–Kier alpha value is -1.09. The molecule has 1 aliphatic carbocycles. The second-order valence-electron chi connectivity index (χ2n) is 4.96. The van der Waals surface area contributed by atoms with Crippen LogP contribution in [0, 0.1) is 0 Å². The van der Waals surface area contributed by atoms with E-state index in [9.17, 15) is 9.59 Å². The molecule has 0 saturated heterocycles. The van der Waals surface area contributed by atoms with E-state index in [-0.39, 0.29) is 18.0 Å². The molecule has 0 aliphatic heterocycles. The number of hydrogen-bond acceptors (Lipinski definition) is 2. The van der Waals surface area contributed by atoms with Gasteiger partial charge in [0.2, 0.25) is 5.24 Å². The zero-order chi connectivity index (χ0) is 13.3. The molecule has 1 atom stereocenters. The number of hydrogen-bond donors (Lipinski definition) is 0. The molecule has 4 heteroatoms. The predicted octanol–water partition coefficient (Wildman–Crippen LogP) is 2.62. The van der Waals surface area contributed by atoms with Gasteiger partial charge in [-0.1, -0.05) is 6.92 Å². The number of nitrogens with zero attached hydrogens (tertiary/aromatic N) is 1. The molecule has 0 amide bonds. The molecular formula is C14H18ClNO2. The number of carbonyl (C=O) groups excluding carboxylic acids is 1. The summed E-state index contributed by atoms with van der Waals surface area (Å²) in [5.41, 5.74) is 2.86. The van der Waals surface area contributed by atoms with Gasteiger partial charge in [-0.3, -0.25) is 9.59 Å². The van der Waals surface area contributed by atoms with E-state index in [1.54, 1.807) is 0 Å². The lowest BCUT2D eigenvalue weighted by Crippen LogP contribution is -2.30. The number of rotatable bonds is 4. The molecule has 0 radical (unpaired) electrons. The van der Waals surface area contributed by atoms with Crippen LogP contribution in [0.15, 0.2) is 10.9 Å². The van der Waals surface area contributed by atoms with E-state index in [0.29, 0.717) is 5.56 Å². The molecule has 1 aromatic heterocycles. The Morgan fingerprint density at radius 3 is 2.83 bits per heavy atom. The van der Waals surface area contributed by atoms with Crippen LogP contribution in [0.2, 0.25) is 0 Å². The first-order valence-electron chi connectivity index (χ1n) is 6.49. The molecule has 1 heterocycles. The van der Waals surface area contributed by atoms with Gasteiger partial charge in [0.15, 0.2) is 0 Å². The fourth-order valence-electron chi connectivity index (χ4n) is 2.66. The number of carbonyl (C=O) groups is 1. The van der Waals surface area contributed by atoms with E-state index in [4.69, 9.17) is 11.6 Å². The quantitative estimate of drug-likeness (QED) is 0.787. The van der Waals surface area contributed by atoms with E-state index in [2.05, 4.69) is 6.92 Å². The van der Waals surface area contributed by atoms with E-state index in [1.807, 2.05) is 17.6 Å². The van der Waals surface area contributed by atoms with E-state index < -0.39 is 5.24 Å². The maximum Gasteiger partial charge on any atom is 0.254 e. The smallest absolute Gasteiger partial charge is 0.254 e. The molecule has 98 valence electrons. The van der Waals surface area contributed by atoms with Gasteiger partial charge in [0.1, 0.15) is 0 Å². The first-order valence-corrected chi connectivity index (χ1v) is 6.86. The molecule has 0 fully saturated rings. The first-order chi connectivity index (χ1) is 8.54. The Bertz CT molecular complexity index is 533. The lowest BCUT2D eigenvalue weighted by atomic mass is 10.1. The van der Waals surface area contributed by atoms with Gasteiger partial charge >= 0.3 is 0 Å². The van der Waals surface area contributed by atoms with Crippen LogP contribution in [0.25, 0.3) is 0 Å². The Morgan fingerprint density at radius 2 is 2.22 bits per heavy atom. The molecule has 1 aliphatic rings. The van der Waals surface area contributed by atoms with Crippen molar-refractivity contribution in [2.75, 3.05) is 0 Å². The van der Waals surface area contributed by atoms with Crippen LogP contribution in [0.3, 0.4) is 0 Å². The highest BCUT2D eigenvalue weighted by molar-refractivity contribution is 6.63. The second-order valence-corrected chi connectivity index (χ2v) is 5.38. The van der Waals surface area contributed by atoms with Crippen molar-refractivity contribution in [3.8, 4) is 0 Å². The summed E-state index contributed by atoms with van der Waals surface area (Å²) in [7, 11) is 0. The van der Waals surface area contributed by atoms with Crippen molar-refractivity contribution in [2.24, 2.45) is 0 Å². The van der Waals surface area contributed by atoms with Crippen LogP contribution in [-0.2, 0) is 24.1 Å². The maximum absolute atomic E-state index is 12.4. The van der Waals surface area contributed by atoms with Gasteiger partial charge in [-0.2, -0.15) is 0 Å². The summed E-state index contributed by atoms with van der Waals surface area (Å²) < 4.78 is 1.87. The van der Waals surface area contributed by atoms with Gasteiger partial charge in [-0.15, -0.1) is 0 Å². The molecule has 0 N–H and O–H groups in total. The summed E-state index contributed by atoms with van der Waals surface area (Å²) in [6.45, 7) is 4.12. The lowest BCUT2D eigenvalue weighted by Gasteiger charge is -2.19. The van der Waals surface area contributed by atoms with Gasteiger partial charge in [0.25, 0.3) is 5.56 Å². The standard InChI is InChI=1S/C14H18ClNO2/c1-3-9(2)16-12-6-4-5-10(12)7-11(14(16)18)8-13(15)17/h7,9H,3-6,8H2,1-2H3. The SMILES string of the molecule is CCC(C)n1c2c(cc(CC(=O)Cl)c1=O)CCC2. The van der Waals surface area contributed by atoms with Gasteiger partial charge in [0.05, 0.1) is 6.42 Å². The molecule has 0 spiro atoms. The first kappa shape index (κ1) is 13.3. The number of pyridine rings is 1. The van der Waals surface area contributed by atoms with Crippen LogP contribution in [0.4, 0.5) is 0 Å². The van der Waals surface area contributed by atoms with Crippen molar-refractivity contribution >= 4 is 16.8 Å². The molecule has 2 rings (SSSR count). The van der Waals surface area contributed by atoms with Crippen molar-refractivity contribution in [1.82, 2.24) is 4.57 Å². The monoisotopic (exact) mass is 267 g/mol. The Kier molecular flexibility index (Phi) is 3.91. The average Bonchev–Trinajstić information content (AvgIpc) is 2.76. The van der Waals surface area contributed by atoms with Crippen molar-refractivity contribution in [2.45, 2.75) is 52.0 Å². The van der Waals surface area contributed by atoms with Crippen LogP contribution >= 0.6 is 11.6 Å². The topological polar surface area (TPSA) is 39.1 Å². The summed E-state index contributed by atoms with van der Waals surface area (Å²) in [6.07, 6.45) is 3.98. The summed E-state index contributed by atoms with van der Waals surface area (Å²) in [6, 6.07) is 2.05. The van der Waals surface area contributed by atoms with Gasteiger partial charge in [-0.05, 0) is 55.8 Å². The van der Waals surface area contributed by atoms with Crippen molar-refractivity contribution in [3.63, 3.8) is 0 Å². The highest BCUT2D eigenvalue weighted by Gasteiger charge is 2.21. The third kappa shape index (κ3) is 2.37. The molecule has 3 nitrogen and oxygen atoms in total. The predicted molar refractivity (Wildman–Crippen MR) is 72.3 cm³/mol. The summed E-state index contributed by atoms with van der Waals surface area (Å²) in [4.78, 5) is 23.5. The summed E-state index contributed by atoms with van der Waals surface area (Å²) in [5.74, 6) is 0. The Balaban J connectivity index is 2.59. The fraction of sp³-hybridized carbons (Fsp3) is 0.571. The highest BCUT2D eigenvalue weighted by Crippen LogP contribution is 2.24. The van der Waals surface area contributed by atoms with E-state index in [1.165, 1.54) is 5.56 Å². The zero-order valence-electron chi connectivity index (χ0n) is 10.8. The third-order valence-electron chi connectivity index (χ3n) is 3.72. The highest BCUT2D eigenvalue weighted by atomic mass is 35.5. The van der Waals surface area contributed by atoms with Crippen LogP contribution in [0.5, 0.6) is 0 Å². The van der Waals surface area contributed by atoms with Crippen LogP contribution < -0.4 is 5.56 Å². The minimum Gasteiger partial charge on any atom is -0.309 e. The average molecular weight is 268 g/mol. The van der Waals surface area contributed by atoms with Crippen LogP contribution in [-0.4, -0.2) is 9.81 Å². The van der Waals surface area contributed by atoms with Crippen LogP contribution in [0.1, 0.15) is 49.6 Å². The summed E-state index contributed by atoms with van der Waals surface area (Å²) in [5, 5.41) is -0.472. The molecule has 1 aromatic rings. The molecule has 0 bridgehead atoms. The van der Waals surface area contributed by atoms with E-state index >= 15 is 0 Å². The minimum absolute atomic E-state index is 0.0318. The second kappa shape index (κ2) is 5.27. The molecule has 0 saturated carbocycles. The zero-order valence-corrected chi connectivity index (χ0v) is 11.6. The Morgan fingerprint density at radius 1 is 1.50 bits per heavy atom. The molecule has 18 heavy (non-hydrogen) atoms. The molecule has 0 aromatic carbocycles. The summed E-state index contributed by atoms with van der Waals surface area (Å²) >= 11 is 5.41. The Labute approximate surface area is 112 Å². The maximum atomic E-state index is 12.4. The normalized spacial score (nSPS) is 15.5. The largest absolute Gasteiger partial charge is 0.309 e. The van der Waals surface area contributed by atoms with Crippen molar-refractivity contribution in [3.05, 3.63) is 33.2 Å². The van der Waals surface area contributed by atoms with E-state index in [0.717, 1.165) is 31.4 Å². The van der Waals surface area contributed by atoms with Crippen molar-refractivity contribution < 1.29 is 4.79 Å². The fourth-order valence-corrected chi connectivity index (χ4v) is 2.80. The molecular weight excluding hydrogens is 250 g/mol. The van der Waals surface area contributed by atoms with Gasteiger partial charge < -0.3 is 4.57 Å². The number of halogens is 1. The lowest BCUT2D eigenvalue weighted by molar-refractivity contribution is -0.111. The number of fused-ring (bicyclic) bond motifs is 1. The number of aryl methyl sites for hydroxylation is 1. The van der Waals surface area contributed by atoms with Gasteiger partial charge in [0, 0.05) is 17.3 Å². The third-order valence-corrected chi connectivity index (χ3v) is 3.86. The van der Waals surface area contributed by atoms with Gasteiger partial charge in [-0.25, -0.2) is 0 Å². The minimum atomic E-state index is -0.472.